The zero-order valence-electron chi connectivity index (χ0n) is 14.6. The zero-order chi connectivity index (χ0) is 17.1. The molecule has 1 aromatic heterocycles. The van der Waals surface area contributed by atoms with Gasteiger partial charge in [-0.3, -0.25) is 14.6 Å². The summed E-state index contributed by atoms with van der Waals surface area (Å²) in [6.45, 7) is 4.10. The lowest BCUT2D eigenvalue weighted by molar-refractivity contribution is -0.129. The zero-order valence-corrected chi connectivity index (χ0v) is 14.6. The molecule has 0 spiro atoms. The van der Waals surface area contributed by atoms with Crippen LogP contribution in [0.5, 0.6) is 0 Å². The number of hydrogen-bond donors (Lipinski definition) is 1. The van der Waals surface area contributed by atoms with Crippen molar-refractivity contribution in [3.63, 3.8) is 0 Å². The standard InChI is InChI=1S/C19H27N3O2/c1-3-4-6-13(2)19(24)21-16-11-17(23)22(15-8-9-15)18(16)14-7-5-10-20-12-14/h5,7,10,12-13,15-16,18H,3-4,6,8-9,11H2,1-2H3,(H,21,24)/t13-,16-,18+/m1/s1. The summed E-state index contributed by atoms with van der Waals surface area (Å²) in [6, 6.07) is 4.00. The summed E-state index contributed by atoms with van der Waals surface area (Å²) in [7, 11) is 0. The highest BCUT2D eigenvalue weighted by Crippen LogP contribution is 2.41. The second-order valence-corrected chi connectivity index (χ2v) is 7.13. The highest BCUT2D eigenvalue weighted by atomic mass is 16.2. The van der Waals surface area contributed by atoms with Crippen molar-refractivity contribution in [2.75, 3.05) is 0 Å². The molecule has 1 aromatic rings. The molecule has 0 aromatic carbocycles. The molecular formula is C19H27N3O2. The lowest BCUT2D eigenvalue weighted by Gasteiger charge is -2.29. The van der Waals surface area contributed by atoms with Crippen LogP contribution in [0.3, 0.4) is 0 Å². The summed E-state index contributed by atoms with van der Waals surface area (Å²) in [4.78, 5) is 31.2. The van der Waals surface area contributed by atoms with Crippen LogP contribution >= 0.6 is 0 Å². The molecule has 24 heavy (non-hydrogen) atoms. The summed E-state index contributed by atoms with van der Waals surface area (Å²) < 4.78 is 0. The van der Waals surface area contributed by atoms with E-state index >= 15 is 0 Å². The maximum absolute atomic E-state index is 12.5. The Labute approximate surface area is 143 Å². The lowest BCUT2D eigenvalue weighted by Crippen LogP contribution is -2.42. The van der Waals surface area contributed by atoms with Crippen LogP contribution in [0.1, 0.15) is 64.0 Å². The van der Waals surface area contributed by atoms with Crippen LogP contribution in [0, 0.1) is 5.92 Å². The first-order valence-electron chi connectivity index (χ1n) is 9.13. The molecule has 2 aliphatic rings. The minimum absolute atomic E-state index is 0.00965. The predicted molar refractivity (Wildman–Crippen MR) is 92.1 cm³/mol. The fourth-order valence-electron chi connectivity index (χ4n) is 3.58. The Bertz CT molecular complexity index is 586. The van der Waals surface area contributed by atoms with E-state index in [0.717, 1.165) is 37.7 Å². The van der Waals surface area contributed by atoms with Gasteiger partial charge in [-0.1, -0.05) is 32.8 Å². The monoisotopic (exact) mass is 329 g/mol. The second kappa shape index (κ2) is 7.32. The molecule has 0 unspecified atom stereocenters. The van der Waals surface area contributed by atoms with E-state index in [0.29, 0.717) is 12.5 Å². The van der Waals surface area contributed by atoms with Gasteiger partial charge >= 0.3 is 0 Å². The van der Waals surface area contributed by atoms with Gasteiger partial charge < -0.3 is 10.2 Å². The Morgan fingerprint density at radius 1 is 1.46 bits per heavy atom. The van der Waals surface area contributed by atoms with E-state index in [1.165, 1.54) is 0 Å². The number of nitrogens with zero attached hydrogens (tertiary/aromatic N) is 2. The van der Waals surface area contributed by atoms with Crippen LogP contribution in [0.15, 0.2) is 24.5 Å². The van der Waals surface area contributed by atoms with Gasteiger partial charge in [0.25, 0.3) is 0 Å². The number of unbranched alkanes of at least 4 members (excludes halogenated alkanes) is 1. The van der Waals surface area contributed by atoms with Crippen molar-refractivity contribution in [3.8, 4) is 0 Å². The van der Waals surface area contributed by atoms with Gasteiger partial charge in [0, 0.05) is 30.8 Å². The van der Waals surface area contributed by atoms with Crippen molar-refractivity contribution < 1.29 is 9.59 Å². The molecular weight excluding hydrogens is 302 g/mol. The van der Waals surface area contributed by atoms with E-state index < -0.39 is 0 Å². The van der Waals surface area contributed by atoms with E-state index in [1.807, 2.05) is 30.2 Å². The van der Waals surface area contributed by atoms with Crippen LogP contribution in [-0.4, -0.2) is 33.8 Å². The Morgan fingerprint density at radius 2 is 2.25 bits per heavy atom. The molecule has 2 fully saturated rings. The van der Waals surface area contributed by atoms with E-state index in [2.05, 4.69) is 17.2 Å². The number of carbonyl (C=O) groups is 2. The molecule has 1 N–H and O–H groups in total. The second-order valence-electron chi connectivity index (χ2n) is 7.13. The largest absolute Gasteiger partial charge is 0.350 e. The third kappa shape index (κ3) is 3.60. The Kier molecular flexibility index (Phi) is 5.17. The number of aromatic nitrogens is 1. The van der Waals surface area contributed by atoms with Gasteiger partial charge in [0.15, 0.2) is 0 Å². The summed E-state index contributed by atoms with van der Waals surface area (Å²) in [5, 5.41) is 3.15. The average molecular weight is 329 g/mol. The maximum Gasteiger partial charge on any atom is 0.225 e. The molecule has 130 valence electrons. The molecule has 2 amide bonds. The molecule has 1 saturated carbocycles. The van der Waals surface area contributed by atoms with Gasteiger partial charge in [-0.15, -0.1) is 0 Å². The van der Waals surface area contributed by atoms with Gasteiger partial charge in [0.05, 0.1) is 12.1 Å². The summed E-state index contributed by atoms with van der Waals surface area (Å²) in [5.41, 5.74) is 1.02. The molecule has 5 heteroatoms. The van der Waals surface area contributed by atoms with Gasteiger partial charge in [0.1, 0.15) is 0 Å². The maximum atomic E-state index is 12.5. The molecule has 1 aliphatic heterocycles. The lowest BCUT2D eigenvalue weighted by atomic mass is 9.99. The fraction of sp³-hybridized carbons (Fsp3) is 0.632. The summed E-state index contributed by atoms with van der Waals surface area (Å²) in [6.07, 6.45) is 9.12. The number of rotatable bonds is 7. The van der Waals surface area contributed by atoms with Crippen molar-refractivity contribution in [3.05, 3.63) is 30.1 Å². The number of nitrogens with one attached hydrogen (secondary N) is 1. The Morgan fingerprint density at radius 3 is 2.88 bits per heavy atom. The van der Waals surface area contributed by atoms with Crippen LogP contribution < -0.4 is 5.32 Å². The fourth-order valence-corrected chi connectivity index (χ4v) is 3.58. The van der Waals surface area contributed by atoms with Crippen molar-refractivity contribution in [1.29, 1.82) is 0 Å². The molecule has 2 heterocycles. The average Bonchev–Trinajstić information content (AvgIpc) is 3.37. The van der Waals surface area contributed by atoms with Crippen LogP contribution in [-0.2, 0) is 9.59 Å². The topological polar surface area (TPSA) is 62.3 Å². The number of likely N-dealkylation sites (tertiary alicyclic amines) is 1. The van der Waals surface area contributed by atoms with Crippen molar-refractivity contribution >= 4 is 11.8 Å². The number of carbonyl (C=O) groups excluding carboxylic acids is 2. The number of amides is 2. The molecule has 5 nitrogen and oxygen atoms in total. The Balaban J connectivity index is 1.75. The quantitative estimate of drug-likeness (QED) is 0.837. The van der Waals surface area contributed by atoms with Gasteiger partial charge in [-0.05, 0) is 30.9 Å². The minimum atomic E-state index is -0.154. The van der Waals surface area contributed by atoms with Crippen molar-refractivity contribution in [2.45, 2.75) is 70.5 Å². The first-order chi connectivity index (χ1) is 11.6. The van der Waals surface area contributed by atoms with Gasteiger partial charge in [-0.25, -0.2) is 0 Å². The summed E-state index contributed by atoms with van der Waals surface area (Å²) >= 11 is 0. The molecule has 1 saturated heterocycles. The molecule has 1 aliphatic carbocycles. The minimum Gasteiger partial charge on any atom is -0.350 e. The first kappa shape index (κ1) is 16.9. The molecule has 3 rings (SSSR count). The normalized spacial score (nSPS) is 24.9. The third-order valence-corrected chi connectivity index (χ3v) is 5.10. The van der Waals surface area contributed by atoms with Crippen molar-refractivity contribution in [1.82, 2.24) is 15.2 Å². The molecule has 3 atom stereocenters. The van der Waals surface area contributed by atoms with E-state index in [1.54, 1.807) is 6.20 Å². The smallest absolute Gasteiger partial charge is 0.225 e. The highest BCUT2D eigenvalue weighted by Gasteiger charge is 2.47. The molecule has 0 bridgehead atoms. The third-order valence-electron chi connectivity index (χ3n) is 5.10. The van der Waals surface area contributed by atoms with E-state index in [-0.39, 0.29) is 29.8 Å². The molecule has 0 radical (unpaired) electrons. The Hall–Kier alpha value is -1.91. The SMILES string of the molecule is CCCC[C@@H](C)C(=O)N[C@@H]1CC(=O)N(C2CC2)[C@H]1c1cccnc1. The van der Waals surface area contributed by atoms with Gasteiger partial charge in [-0.2, -0.15) is 0 Å². The summed E-state index contributed by atoms with van der Waals surface area (Å²) in [5.74, 6) is 0.204. The predicted octanol–water partition coefficient (Wildman–Crippen LogP) is 2.83. The van der Waals surface area contributed by atoms with Crippen LogP contribution in [0.2, 0.25) is 0 Å². The first-order valence-corrected chi connectivity index (χ1v) is 9.13. The number of hydrogen-bond acceptors (Lipinski definition) is 3. The number of pyridine rings is 1. The van der Waals surface area contributed by atoms with Crippen LogP contribution in [0.25, 0.3) is 0 Å². The van der Waals surface area contributed by atoms with Crippen LogP contribution in [0.4, 0.5) is 0 Å². The van der Waals surface area contributed by atoms with E-state index in [4.69, 9.17) is 0 Å². The highest BCUT2D eigenvalue weighted by molar-refractivity contribution is 5.84. The van der Waals surface area contributed by atoms with Crippen molar-refractivity contribution in [2.24, 2.45) is 5.92 Å². The van der Waals surface area contributed by atoms with E-state index in [9.17, 15) is 9.59 Å². The van der Waals surface area contributed by atoms with Gasteiger partial charge in [0.2, 0.25) is 11.8 Å².